The summed E-state index contributed by atoms with van der Waals surface area (Å²) in [6.07, 6.45) is 5.93. The average molecular weight is 324 g/mol. The zero-order valence-electron chi connectivity index (χ0n) is 13.9. The van der Waals surface area contributed by atoms with Gasteiger partial charge in [-0.25, -0.2) is 0 Å². The van der Waals surface area contributed by atoms with Crippen LogP contribution in [-0.4, -0.2) is 5.78 Å². The highest BCUT2D eigenvalue weighted by atomic mass is 16.1. The van der Waals surface area contributed by atoms with E-state index >= 15 is 0 Å². The molecule has 1 aliphatic rings. The molecule has 2 heteroatoms. The molecule has 0 spiro atoms. The van der Waals surface area contributed by atoms with Gasteiger partial charge >= 0.3 is 0 Å². The lowest BCUT2D eigenvalue weighted by molar-refractivity contribution is -0.707. The molecule has 1 heterocycles. The van der Waals surface area contributed by atoms with Gasteiger partial charge < -0.3 is 0 Å². The summed E-state index contributed by atoms with van der Waals surface area (Å²) >= 11 is 0. The molecule has 1 aromatic heterocycles. The van der Waals surface area contributed by atoms with E-state index < -0.39 is 0 Å². The minimum atomic E-state index is -0.113. The van der Waals surface area contributed by atoms with E-state index in [0.29, 0.717) is 0 Å². The summed E-state index contributed by atoms with van der Waals surface area (Å²) in [5, 5.41) is 4.80. The van der Waals surface area contributed by atoms with Crippen molar-refractivity contribution in [2.75, 3.05) is 0 Å². The lowest BCUT2D eigenvalue weighted by atomic mass is 9.84. The van der Waals surface area contributed by atoms with Crippen molar-refractivity contribution in [1.29, 1.82) is 0 Å². The maximum atomic E-state index is 13.2. The van der Waals surface area contributed by atoms with Crippen LogP contribution in [0.25, 0.3) is 21.5 Å². The molecular formula is C23H18NO+. The van der Waals surface area contributed by atoms with Crippen LogP contribution in [0.15, 0.2) is 79.1 Å². The van der Waals surface area contributed by atoms with E-state index in [0.717, 1.165) is 18.4 Å². The number of carbonyl (C=O) groups is 1. The standard InChI is InChI=1S/C23H18NO/c25-23-21-10-9-17-6-3-4-8-19(17)20(21)11-12-22(23)24-14-13-16-5-1-2-7-18(16)15-24/h1-10,13-15,22H,11-12H2/q+1/t22-/m0/s1. The number of pyridine rings is 1. The van der Waals surface area contributed by atoms with Gasteiger partial charge in [0.25, 0.3) is 0 Å². The van der Waals surface area contributed by atoms with E-state index in [2.05, 4.69) is 53.2 Å². The van der Waals surface area contributed by atoms with Gasteiger partial charge in [0.05, 0.1) is 0 Å². The second kappa shape index (κ2) is 5.52. The molecule has 3 aromatic carbocycles. The van der Waals surface area contributed by atoms with Crippen molar-refractivity contribution >= 4 is 27.3 Å². The topological polar surface area (TPSA) is 20.9 Å². The fourth-order valence-corrected chi connectivity index (χ4v) is 4.06. The lowest BCUT2D eigenvalue weighted by Crippen LogP contribution is -2.45. The zero-order valence-corrected chi connectivity index (χ0v) is 13.9. The SMILES string of the molecule is O=C1c2ccc3ccccc3c2CC[C@@H]1[n+]1ccc2ccccc2c1. The predicted molar refractivity (Wildman–Crippen MR) is 99.8 cm³/mol. The minimum absolute atomic E-state index is 0.113. The number of ketones is 1. The number of Topliss-reactive ketones (excluding diaryl/α,β-unsaturated/α-hetero) is 1. The van der Waals surface area contributed by atoms with Gasteiger partial charge in [-0.3, -0.25) is 4.79 Å². The molecule has 5 rings (SSSR count). The normalized spacial score (nSPS) is 17.0. The fourth-order valence-electron chi connectivity index (χ4n) is 4.06. The molecule has 0 unspecified atom stereocenters. The molecule has 0 amide bonds. The second-order valence-electron chi connectivity index (χ2n) is 6.75. The van der Waals surface area contributed by atoms with Crippen molar-refractivity contribution in [3.63, 3.8) is 0 Å². The first kappa shape index (κ1) is 14.4. The molecule has 0 radical (unpaired) electrons. The molecule has 4 aromatic rings. The van der Waals surface area contributed by atoms with Crippen LogP contribution >= 0.6 is 0 Å². The molecule has 0 N–H and O–H groups in total. The number of carbonyl (C=O) groups excluding carboxylic acids is 1. The average Bonchev–Trinajstić information content (AvgIpc) is 2.68. The molecular weight excluding hydrogens is 306 g/mol. The molecule has 2 nitrogen and oxygen atoms in total. The van der Waals surface area contributed by atoms with Gasteiger partial charge in [-0.05, 0) is 34.2 Å². The van der Waals surface area contributed by atoms with E-state index in [1.54, 1.807) is 0 Å². The fraction of sp³-hybridized carbons (Fsp3) is 0.130. The molecule has 1 atom stereocenters. The van der Waals surface area contributed by atoms with Gasteiger partial charge in [0.15, 0.2) is 12.4 Å². The number of nitrogens with zero attached hydrogens (tertiary/aromatic N) is 1. The van der Waals surface area contributed by atoms with E-state index in [9.17, 15) is 4.79 Å². The lowest BCUT2D eigenvalue weighted by Gasteiger charge is -2.21. The largest absolute Gasteiger partial charge is 0.287 e. The Bertz CT molecular complexity index is 1130. The van der Waals surface area contributed by atoms with Crippen LogP contribution in [0.3, 0.4) is 0 Å². The van der Waals surface area contributed by atoms with E-state index in [1.165, 1.54) is 27.1 Å². The third kappa shape index (κ3) is 2.25. The van der Waals surface area contributed by atoms with Crippen molar-refractivity contribution in [2.45, 2.75) is 18.9 Å². The highest BCUT2D eigenvalue weighted by Crippen LogP contribution is 2.31. The Morgan fingerprint density at radius 3 is 2.44 bits per heavy atom. The van der Waals surface area contributed by atoms with Gasteiger partial charge in [0.2, 0.25) is 11.8 Å². The Morgan fingerprint density at radius 2 is 1.56 bits per heavy atom. The summed E-state index contributed by atoms with van der Waals surface area (Å²) in [7, 11) is 0. The molecule has 0 fully saturated rings. The number of aryl methyl sites for hydroxylation is 1. The number of fused-ring (bicyclic) bond motifs is 4. The smallest absolute Gasteiger partial charge is 0.230 e. The molecule has 1 aliphatic carbocycles. The highest BCUT2D eigenvalue weighted by Gasteiger charge is 2.34. The van der Waals surface area contributed by atoms with Crippen LogP contribution in [0.2, 0.25) is 0 Å². The first-order valence-electron chi connectivity index (χ1n) is 8.76. The van der Waals surface area contributed by atoms with Crippen LogP contribution in [0, 0.1) is 0 Å². The molecule has 0 saturated carbocycles. The summed E-state index contributed by atoms with van der Waals surface area (Å²) in [5.41, 5.74) is 2.09. The van der Waals surface area contributed by atoms with Gasteiger partial charge in [-0.2, -0.15) is 4.57 Å². The highest BCUT2D eigenvalue weighted by molar-refractivity contribution is 6.05. The summed E-state index contributed by atoms with van der Waals surface area (Å²) in [6.45, 7) is 0. The van der Waals surface area contributed by atoms with Crippen LogP contribution in [0.5, 0.6) is 0 Å². The van der Waals surface area contributed by atoms with E-state index in [4.69, 9.17) is 0 Å². The van der Waals surface area contributed by atoms with Crippen LogP contribution in [0.1, 0.15) is 28.4 Å². The number of rotatable bonds is 1. The quantitative estimate of drug-likeness (QED) is 0.467. The van der Waals surface area contributed by atoms with Crippen molar-refractivity contribution in [3.8, 4) is 0 Å². The van der Waals surface area contributed by atoms with Gasteiger partial charge in [0.1, 0.15) is 0 Å². The monoisotopic (exact) mass is 324 g/mol. The second-order valence-corrected chi connectivity index (χ2v) is 6.75. The summed E-state index contributed by atoms with van der Waals surface area (Å²) in [5.74, 6) is 0.229. The van der Waals surface area contributed by atoms with Crippen molar-refractivity contribution in [2.24, 2.45) is 0 Å². The van der Waals surface area contributed by atoms with Gasteiger partial charge in [-0.15, -0.1) is 0 Å². The Morgan fingerprint density at radius 1 is 0.800 bits per heavy atom. The van der Waals surface area contributed by atoms with E-state index in [-0.39, 0.29) is 11.8 Å². The van der Waals surface area contributed by atoms with Crippen LogP contribution < -0.4 is 4.57 Å². The molecule has 0 aliphatic heterocycles. The minimum Gasteiger partial charge on any atom is -0.287 e. The first-order valence-corrected chi connectivity index (χ1v) is 8.76. The third-order valence-corrected chi connectivity index (χ3v) is 5.35. The molecule has 120 valence electrons. The number of hydrogen-bond donors (Lipinski definition) is 0. The maximum absolute atomic E-state index is 13.2. The number of aromatic nitrogens is 1. The zero-order chi connectivity index (χ0) is 16.8. The Kier molecular flexibility index (Phi) is 3.17. The maximum Gasteiger partial charge on any atom is 0.230 e. The van der Waals surface area contributed by atoms with Crippen molar-refractivity contribution < 1.29 is 9.36 Å². The third-order valence-electron chi connectivity index (χ3n) is 5.35. The Hall–Kier alpha value is -3.00. The molecule has 25 heavy (non-hydrogen) atoms. The molecule has 0 bridgehead atoms. The van der Waals surface area contributed by atoms with Crippen molar-refractivity contribution in [1.82, 2.24) is 0 Å². The summed E-state index contributed by atoms with van der Waals surface area (Å²) in [6, 6.07) is 22.7. The molecule has 0 saturated heterocycles. The summed E-state index contributed by atoms with van der Waals surface area (Å²) in [4.78, 5) is 13.2. The van der Waals surface area contributed by atoms with Crippen molar-refractivity contribution in [3.05, 3.63) is 90.3 Å². The Balaban J connectivity index is 1.61. The number of benzene rings is 3. The van der Waals surface area contributed by atoms with Gasteiger partial charge in [0, 0.05) is 23.4 Å². The Labute approximate surface area is 146 Å². The predicted octanol–water partition coefficient (Wildman–Crippen LogP) is 4.65. The van der Waals surface area contributed by atoms with Gasteiger partial charge in [-0.1, -0.05) is 54.6 Å². The summed E-state index contributed by atoms with van der Waals surface area (Å²) < 4.78 is 2.09. The van der Waals surface area contributed by atoms with Crippen LogP contribution in [-0.2, 0) is 6.42 Å². The van der Waals surface area contributed by atoms with Crippen LogP contribution in [0.4, 0.5) is 0 Å². The first-order chi connectivity index (χ1) is 12.3. The number of hydrogen-bond acceptors (Lipinski definition) is 1. The van der Waals surface area contributed by atoms with E-state index in [1.807, 2.05) is 30.5 Å².